The van der Waals surface area contributed by atoms with Crippen LogP contribution in [0.3, 0.4) is 0 Å². The highest BCUT2D eigenvalue weighted by Crippen LogP contribution is 2.32. The molecule has 0 aromatic rings. The van der Waals surface area contributed by atoms with Crippen molar-refractivity contribution in [1.82, 2.24) is 21.5 Å². The first-order chi connectivity index (χ1) is 16.3. The van der Waals surface area contributed by atoms with Crippen molar-refractivity contribution in [3.63, 3.8) is 0 Å². The second-order valence-electron chi connectivity index (χ2n) is 10.4. The van der Waals surface area contributed by atoms with E-state index in [9.17, 15) is 22.4 Å². The van der Waals surface area contributed by atoms with E-state index in [4.69, 9.17) is 11.6 Å². The van der Waals surface area contributed by atoms with Crippen LogP contribution in [0.2, 0.25) is 0 Å². The molecule has 6 nitrogen and oxygen atoms in total. The molecule has 3 saturated carbocycles. The first-order valence-electron chi connectivity index (χ1n) is 12.6. The van der Waals surface area contributed by atoms with Crippen LogP contribution in [0.5, 0.6) is 0 Å². The van der Waals surface area contributed by atoms with Gasteiger partial charge in [0, 0.05) is 29.8 Å². The number of carbonyl (C=O) groups excluding carboxylic acids is 1. The summed E-state index contributed by atoms with van der Waals surface area (Å²) >= 11 is 6.20. The maximum atomic E-state index is 14.1. The number of hydrogen-bond acceptors (Lipinski definition) is 4. The molecule has 0 aromatic heterocycles. The lowest BCUT2D eigenvalue weighted by atomic mass is 9.82. The van der Waals surface area contributed by atoms with Crippen LogP contribution in [0.4, 0.5) is 17.6 Å². The van der Waals surface area contributed by atoms with Gasteiger partial charge in [-0.05, 0) is 70.1 Å². The van der Waals surface area contributed by atoms with Crippen LogP contribution in [0.25, 0.3) is 0 Å². The van der Waals surface area contributed by atoms with Gasteiger partial charge in [-0.25, -0.2) is 28.0 Å². The minimum absolute atomic E-state index is 0.0101. The number of carbonyl (C=O) groups is 1. The molecule has 1 heterocycles. The van der Waals surface area contributed by atoms with E-state index < -0.39 is 36.5 Å². The van der Waals surface area contributed by atoms with Crippen molar-refractivity contribution in [2.24, 2.45) is 16.8 Å². The summed E-state index contributed by atoms with van der Waals surface area (Å²) in [4.78, 5) is 17.5. The molecular weight excluding hydrogens is 474 g/mol. The van der Waals surface area contributed by atoms with E-state index in [2.05, 4.69) is 26.5 Å². The van der Waals surface area contributed by atoms with Crippen LogP contribution < -0.4 is 21.5 Å². The van der Waals surface area contributed by atoms with Crippen molar-refractivity contribution in [2.75, 3.05) is 0 Å². The van der Waals surface area contributed by atoms with E-state index in [1.54, 1.807) is 0 Å². The Morgan fingerprint density at radius 2 is 1.59 bits per heavy atom. The third-order valence-corrected chi connectivity index (χ3v) is 8.06. The highest BCUT2D eigenvalue weighted by atomic mass is 35.5. The van der Waals surface area contributed by atoms with Gasteiger partial charge in [-0.3, -0.25) is 15.5 Å². The number of hydrazine groups is 1. The third kappa shape index (κ3) is 6.97. The molecule has 1 saturated heterocycles. The molecule has 0 radical (unpaired) electrons. The topological polar surface area (TPSA) is 77.5 Å². The normalized spacial score (nSPS) is 44.0. The molecule has 4 fully saturated rings. The summed E-state index contributed by atoms with van der Waals surface area (Å²) in [5.41, 5.74) is 6.38. The molecule has 0 spiro atoms. The Kier molecular flexibility index (Phi) is 8.96. The summed E-state index contributed by atoms with van der Waals surface area (Å²) < 4.78 is 55.0. The fraction of sp³-hybridized carbons (Fsp3) is 0.913. The molecule has 8 unspecified atom stereocenters. The lowest BCUT2D eigenvalue weighted by molar-refractivity contribution is -0.125. The van der Waals surface area contributed by atoms with E-state index in [-0.39, 0.29) is 55.3 Å². The lowest BCUT2D eigenvalue weighted by Crippen LogP contribution is -2.51. The van der Waals surface area contributed by atoms with Crippen molar-refractivity contribution in [3.8, 4) is 0 Å². The number of alkyl halides is 5. The van der Waals surface area contributed by atoms with Crippen molar-refractivity contribution in [2.45, 2.75) is 119 Å². The zero-order chi connectivity index (χ0) is 24.2. The number of halogens is 5. The second kappa shape index (κ2) is 11.7. The highest BCUT2D eigenvalue weighted by molar-refractivity contribution is 6.20. The minimum Gasteiger partial charge on any atom is -0.353 e. The highest BCUT2D eigenvalue weighted by Gasteiger charge is 2.36. The van der Waals surface area contributed by atoms with E-state index in [0.29, 0.717) is 38.0 Å². The average molecular weight is 510 g/mol. The molecule has 4 aliphatic rings. The summed E-state index contributed by atoms with van der Waals surface area (Å²) in [6.45, 7) is 0. The summed E-state index contributed by atoms with van der Waals surface area (Å²) in [5.74, 6) is -0.517. The van der Waals surface area contributed by atoms with Gasteiger partial charge >= 0.3 is 0 Å². The molecule has 4 rings (SSSR count). The van der Waals surface area contributed by atoms with Gasteiger partial charge in [0.25, 0.3) is 0 Å². The number of hydrogen-bond donors (Lipinski definition) is 4. The van der Waals surface area contributed by atoms with Gasteiger partial charge in [0.15, 0.2) is 5.96 Å². The molecule has 11 heteroatoms. The number of nitrogens with one attached hydrogen (secondary N) is 4. The molecule has 4 N–H and O–H groups in total. The average Bonchev–Trinajstić information content (AvgIpc) is 3.23. The molecule has 34 heavy (non-hydrogen) atoms. The summed E-state index contributed by atoms with van der Waals surface area (Å²) in [5, 5.41) is 5.58. The van der Waals surface area contributed by atoms with Crippen molar-refractivity contribution >= 4 is 23.5 Å². The Morgan fingerprint density at radius 1 is 0.824 bits per heavy atom. The Balaban J connectivity index is 1.40. The monoisotopic (exact) mass is 509 g/mol. The maximum Gasteiger partial charge on any atom is 0.229 e. The summed E-state index contributed by atoms with van der Waals surface area (Å²) in [6.07, 6.45) is -0.661. The maximum absolute atomic E-state index is 14.1. The summed E-state index contributed by atoms with van der Waals surface area (Å²) in [6, 6.07) is -0.159. The number of nitrogens with zero attached hydrogens (tertiary/aromatic N) is 1. The van der Waals surface area contributed by atoms with Gasteiger partial charge < -0.3 is 5.32 Å². The third-order valence-electron chi connectivity index (χ3n) is 7.71. The Bertz CT molecular complexity index is 715. The lowest BCUT2D eigenvalue weighted by Gasteiger charge is -2.31. The first kappa shape index (κ1) is 25.9. The fourth-order valence-corrected chi connectivity index (χ4v) is 6.14. The van der Waals surface area contributed by atoms with Crippen LogP contribution in [-0.2, 0) is 4.79 Å². The van der Waals surface area contributed by atoms with E-state index in [0.717, 1.165) is 12.8 Å². The Morgan fingerprint density at radius 3 is 2.29 bits per heavy atom. The standard InChI is InChI=1S/C23H36ClF4N5O/c24-14-8-16(26)10-17(9-14)29-23(31-22(34)13-3-6-18(27)19(28)7-13)30-21-11-20(32-33-21)12-1-4-15(25)5-2-12/h12-21,32-33H,1-11H2,(H2,29,30,31,34). The van der Waals surface area contributed by atoms with Gasteiger partial charge in [-0.15, -0.1) is 11.6 Å². The number of guanidine groups is 1. The van der Waals surface area contributed by atoms with Crippen LogP contribution in [-0.4, -0.2) is 60.2 Å². The molecule has 0 bridgehead atoms. The van der Waals surface area contributed by atoms with Gasteiger partial charge in [0.05, 0.1) is 0 Å². The zero-order valence-electron chi connectivity index (χ0n) is 19.3. The van der Waals surface area contributed by atoms with Crippen LogP contribution >= 0.6 is 11.6 Å². The van der Waals surface area contributed by atoms with Crippen molar-refractivity contribution in [3.05, 3.63) is 0 Å². The van der Waals surface area contributed by atoms with Gasteiger partial charge in [-0.2, -0.15) is 0 Å². The van der Waals surface area contributed by atoms with Gasteiger partial charge in [0.1, 0.15) is 30.9 Å². The van der Waals surface area contributed by atoms with Gasteiger partial charge in [-0.1, -0.05) is 0 Å². The number of aliphatic imine (C=N–C) groups is 1. The molecule has 194 valence electrons. The molecule has 3 aliphatic carbocycles. The van der Waals surface area contributed by atoms with Crippen molar-refractivity contribution in [1.29, 1.82) is 0 Å². The molecule has 8 atom stereocenters. The minimum atomic E-state index is -1.65. The number of rotatable bonds is 4. The molecule has 1 amide bonds. The molecule has 1 aliphatic heterocycles. The van der Waals surface area contributed by atoms with Crippen LogP contribution in [0.15, 0.2) is 4.99 Å². The molecule has 0 aromatic carbocycles. The van der Waals surface area contributed by atoms with E-state index >= 15 is 0 Å². The SMILES string of the molecule is O=C(N/C(=N/C1CC(C2CCC(F)CC2)NN1)NC1CC(F)CC(Cl)C1)C1CCC(F)C(F)C1. The largest absolute Gasteiger partial charge is 0.353 e. The quantitative estimate of drug-likeness (QED) is 0.201. The number of amides is 1. The fourth-order valence-electron chi connectivity index (χ4n) is 5.73. The predicted molar refractivity (Wildman–Crippen MR) is 123 cm³/mol. The van der Waals surface area contributed by atoms with E-state index in [1.807, 2.05) is 0 Å². The predicted octanol–water partition coefficient (Wildman–Crippen LogP) is 3.74. The first-order valence-corrected chi connectivity index (χ1v) is 13.1. The van der Waals surface area contributed by atoms with Crippen molar-refractivity contribution < 1.29 is 22.4 Å². The Hall–Kier alpha value is -1.13. The van der Waals surface area contributed by atoms with Crippen LogP contribution in [0, 0.1) is 11.8 Å². The zero-order valence-corrected chi connectivity index (χ0v) is 20.1. The van der Waals surface area contributed by atoms with Crippen LogP contribution in [0.1, 0.15) is 70.6 Å². The smallest absolute Gasteiger partial charge is 0.229 e. The second-order valence-corrected chi connectivity index (χ2v) is 11.0. The summed E-state index contributed by atoms with van der Waals surface area (Å²) in [7, 11) is 0. The Labute approximate surface area is 203 Å². The molecular formula is C23H36ClF4N5O. The van der Waals surface area contributed by atoms with Gasteiger partial charge in [0.2, 0.25) is 5.91 Å². The van der Waals surface area contributed by atoms with E-state index in [1.165, 1.54) is 0 Å².